The van der Waals surface area contributed by atoms with Crippen LogP contribution in [0, 0.1) is 5.41 Å². The van der Waals surface area contributed by atoms with Gasteiger partial charge in [-0.15, -0.1) is 0 Å². The predicted molar refractivity (Wildman–Crippen MR) is 112 cm³/mol. The van der Waals surface area contributed by atoms with Gasteiger partial charge in [-0.05, 0) is 55.3 Å². The maximum absolute atomic E-state index is 12.7. The predicted octanol–water partition coefficient (Wildman–Crippen LogP) is 2.84. The molecule has 160 valence electrons. The van der Waals surface area contributed by atoms with Crippen molar-refractivity contribution < 1.29 is 22.7 Å². The molecule has 1 saturated carbocycles. The largest absolute Gasteiger partial charge is 0.497 e. The van der Waals surface area contributed by atoms with Crippen LogP contribution in [0.3, 0.4) is 0 Å². The number of carbonyl (C=O) groups excluding carboxylic acids is 2. The SMILES string of the molecule is COc1ccc(NS(=O)(=O)c2cccc(C(=O)NNC(=O)C3(C)CCCC3)c2)cc1. The molecule has 0 atom stereocenters. The molecule has 9 heteroatoms. The lowest BCUT2D eigenvalue weighted by Gasteiger charge is -2.22. The van der Waals surface area contributed by atoms with E-state index in [9.17, 15) is 18.0 Å². The van der Waals surface area contributed by atoms with E-state index in [-0.39, 0.29) is 16.4 Å². The van der Waals surface area contributed by atoms with Crippen molar-refractivity contribution >= 4 is 27.5 Å². The Balaban J connectivity index is 1.68. The van der Waals surface area contributed by atoms with Crippen molar-refractivity contribution in [1.82, 2.24) is 10.9 Å². The highest BCUT2D eigenvalue weighted by Crippen LogP contribution is 2.37. The van der Waals surface area contributed by atoms with E-state index in [1.807, 2.05) is 6.92 Å². The molecule has 30 heavy (non-hydrogen) atoms. The van der Waals surface area contributed by atoms with E-state index in [4.69, 9.17) is 4.74 Å². The summed E-state index contributed by atoms with van der Waals surface area (Å²) in [6.07, 6.45) is 3.52. The maximum Gasteiger partial charge on any atom is 0.269 e. The van der Waals surface area contributed by atoms with Crippen LogP contribution < -0.4 is 20.3 Å². The van der Waals surface area contributed by atoms with Gasteiger partial charge in [0.2, 0.25) is 5.91 Å². The Labute approximate surface area is 176 Å². The van der Waals surface area contributed by atoms with Crippen molar-refractivity contribution in [2.75, 3.05) is 11.8 Å². The highest BCUT2D eigenvalue weighted by atomic mass is 32.2. The van der Waals surface area contributed by atoms with E-state index in [1.165, 1.54) is 31.4 Å². The zero-order valence-electron chi connectivity index (χ0n) is 16.9. The molecule has 0 bridgehead atoms. The molecule has 8 nitrogen and oxygen atoms in total. The van der Waals surface area contributed by atoms with E-state index < -0.39 is 21.3 Å². The third kappa shape index (κ3) is 4.91. The number of carbonyl (C=O) groups is 2. The first-order chi connectivity index (χ1) is 14.2. The minimum Gasteiger partial charge on any atom is -0.497 e. The fourth-order valence-corrected chi connectivity index (χ4v) is 4.50. The quantitative estimate of drug-likeness (QED) is 0.609. The molecule has 0 unspecified atom stereocenters. The van der Waals surface area contributed by atoms with Crippen LogP contribution in [0.5, 0.6) is 5.75 Å². The molecule has 1 aliphatic carbocycles. The molecule has 0 radical (unpaired) electrons. The van der Waals surface area contributed by atoms with Gasteiger partial charge in [-0.1, -0.05) is 25.8 Å². The van der Waals surface area contributed by atoms with Crippen molar-refractivity contribution in [1.29, 1.82) is 0 Å². The fraction of sp³-hybridized carbons (Fsp3) is 0.333. The van der Waals surface area contributed by atoms with Crippen molar-refractivity contribution in [3.63, 3.8) is 0 Å². The summed E-state index contributed by atoms with van der Waals surface area (Å²) in [6.45, 7) is 1.87. The van der Waals surface area contributed by atoms with E-state index in [1.54, 1.807) is 24.3 Å². The topological polar surface area (TPSA) is 114 Å². The second-order valence-electron chi connectivity index (χ2n) is 7.54. The monoisotopic (exact) mass is 431 g/mol. The van der Waals surface area contributed by atoms with Gasteiger partial charge in [0.1, 0.15) is 5.75 Å². The molecule has 3 rings (SSSR count). The van der Waals surface area contributed by atoms with E-state index in [0.717, 1.165) is 25.7 Å². The van der Waals surface area contributed by atoms with E-state index in [2.05, 4.69) is 15.6 Å². The molecule has 0 saturated heterocycles. The molecule has 1 fully saturated rings. The summed E-state index contributed by atoms with van der Waals surface area (Å²) in [5.41, 5.74) is 4.82. The summed E-state index contributed by atoms with van der Waals surface area (Å²) in [7, 11) is -2.38. The van der Waals surface area contributed by atoms with Crippen LogP contribution in [-0.4, -0.2) is 27.3 Å². The lowest BCUT2D eigenvalue weighted by Crippen LogP contribution is -2.47. The number of hydrogen-bond acceptors (Lipinski definition) is 5. The number of nitrogens with one attached hydrogen (secondary N) is 3. The molecule has 0 aromatic heterocycles. The van der Waals surface area contributed by atoms with Crippen LogP contribution in [0.2, 0.25) is 0 Å². The molecular formula is C21H25N3O5S. The first-order valence-corrected chi connectivity index (χ1v) is 11.1. The minimum atomic E-state index is -3.90. The third-order valence-electron chi connectivity index (χ3n) is 5.29. The first kappa shape index (κ1) is 21.6. The summed E-state index contributed by atoms with van der Waals surface area (Å²) >= 11 is 0. The average Bonchev–Trinajstić information content (AvgIpc) is 3.20. The number of rotatable bonds is 6. The number of sulfonamides is 1. The summed E-state index contributed by atoms with van der Waals surface area (Å²) in [5, 5.41) is 0. The Hall–Kier alpha value is -3.07. The first-order valence-electron chi connectivity index (χ1n) is 9.61. The Bertz CT molecular complexity index is 1030. The zero-order valence-corrected chi connectivity index (χ0v) is 17.7. The number of ether oxygens (including phenoxy) is 1. The molecule has 1 aliphatic rings. The molecule has 3 N–H and O–H groups in total. The summed E-state index contributed by atoms with van der Waals surface area (Å²) in [4.78, 5) is 24.7. The van der Waals surface area contributed by atoms with Crippen LogP contribution in [0.25, 0.3) is 0 Å². The molecule has 2 aromatic rings. The van der Waals surface area contributed by atoms with E-state index >= 15 is 0 Å². The molecule has 2 aromatic carbocycles. The minimum absolute atomic E-state index is 0.0694. The third-order valence-corrected chi connectivity index (χ3v) is 6.67. The summed E-state index contributed by atoms with van der Waals surface area (Å²) < 4.78 is 32.9. The van der Waals surface area contributed by atoms with Crippen molar-refractivity contribution in [2.45, 2.75) is 37.5 Å². The Morgan fingerprint density at radius 2 is 1.67 bits per heavy atom. The number of methoxy groups -OCH3 is 1. The van der Waals surface area contributed by atoms with Gasteiger partial charge in [0.15, 0.2) is 0 Å². The lowest BCUT2D eigenvalue weighted by atomic mass is 9.88. The standard InChI is InChI=1S/C21H25N3O5S/c1-21(12-3-4-13-21)20(26)23-22-19(25)15-6-5-7-18(14-15)30(27,28)24-16-8-10-17(29-2)11-9-16/h5-11,14,24H,3-4,12-13H2,1-2H3,(H,22,25)(H,23,26). The van der Waals surface area contributed by atoms with Gasteiger partial charge in [0.05, 0.1) is 12.0 Å². The van der Waals surface area contributed by atoms with Crippen LogP contribution in [0.4, 0.5) is 5.69 Å². The summed E-state index contributed by atoms with van der Waals surface area (Å²) in [6, 6.07) is 12.0. The Morgan fingerprint density at radius 1 is 1.00 bits per heavy atom. The van der Waals surface area contributed by atoms with E-state index in [0.29, 0.717) is 11.4 Å². The van der Waals surface area contributed by atoms with Crippen LogP contribution >= 0.6 is 0 Å². The van der Waals surface area contributed by atoms with Crippen molar-refractivity contribution in [3.8, 4) is 5.75 Å². The smallest absolute Gasteiger partial charge is 0.269 e. The number of benzene rings is 2. The normalized spacial score (nSPS) is 15.3. The van der Waals surface area contributed by atoms with Crippen LogP contribution in [0.15, 0.2) is 53.4 Å². The van der Waals surface area contributed by atoms with Gasteiger partial charge in [0, 0.05) is 16.7 Å². The van der Waals surface area contributed by atoms with Crippen LogP contribution in [-0.2, 0) is 14.8 Å². The maximum atomic E-state index is 12.7. The highest BCUT2D eigenvalue weighted by molar-refractivity contribution is 7.92. The molecule has 0 aliphatic heterocycles. The van der Waals surface area contributed by atoms with Gasteiger partial charge in [-0.3, -0.25) is 25.2 Å². The lowest BCUT2D eigenvalue weighted by molar-refractivity contribution is -0.130. The molecule has 0 heterocycles. The number of amides is 2. The molecule has 2 amide bonds. The molecular weight excluding hydrogens is 406 g/mol. The van der Waals surface area contributed by atoms with Gasteiger partial charge in [0.25, 0.3) is 15.9 Å². The fourth-order valence-electron chi connectivity index (χ4n) is 3.40. The number of hydrogen-bond donors (Lipinski definition) is 3. The molecule has 0 spiro atoms. The average molecular weight is 432 g/mol. The zero-order chi connectivity index (χ0) is 21.8. The van der Waals surface area contributed by atoms with Gasteiger partial charge >= 0.3 is 0 Å². The second-order valence-corrected chi connectivity index (χ2v) is 9.22. The van der Waals surface area contributed by atoms with Gasteiger partial charge < -0.3 is 4.74 Å². The number of hydrazine groups is 1. The van der Waals surface area contributed by atoms with Crippen molar-refractivity contribution in [3.05, 3.63) is 54.1 Å². The Kier molecular flexibility index (Phi) is 6.31. The van der Waals surface area contributed by atoms with Gasteiger partial charge in [-0.25, -0.2) is 8.42 Å². The second kappa shape index (κ2) is 8.74. The Morgan fingerprint density at radius 3 is 2.30 bits per heavy atom. The highest BCUT2D eigenvalue weighted by Gasteiger charge is 2.36. The van der Waals surface area contributed by atoms with Crippen molar-refractivity contribution in [2.24, 2.45) is 5.41 Å². The summed E-state index contributed by atoms with van der Waals surface area (Å²) in [5.74, 6) is -0.227. The van der Waals surface area contributed by atoms with Gasteiger partial charge in [-0.2, -0.15) is 0 Å². The number of anilines is 1. The van der Waals surface area contributed by atoms with Crippen LogP contribution in [0.1, 0.15) is 43.0 Å².